The standard InChI is InChI=1S/C22H30N4O6S/c1-14-8-15(2)13-26(12-14)33(28,29)17-6-7-20(23-11-17)24-25-22(27)16-9-18(30-3)21(32-5)19(10-16)31-4/h6-7,9-11,14-15H,8,12-13H2,1-5H3,(H,23,24)(H,25,27). The molecule has 0 radical (unpaired) electrons. The third kappa shape index (κ3) is 5.48. The number of piperidine rings is 1. The predicted molar refractivity (Wildman–Crippen MR) is 123 cm³/mol. The minimum Gasteiger partial charge on any atom is -0.493 e. The van der Waals surface area contributed by atoms with Gasteiger partial charge in [-0.05, 0) is 42.5 Å². The van der Waals surface area contributed by atoms with Crippen LogP contribution in [0.2, 0.25) is 0 Å². The van der Waals surface area contributed by atoms with Crippen LogP contribution < -0.4 is 25.1 Å². The number of benzene rings is 1. The zero-order valence-electron chi connectivity index (χ0n) is 19.4. The Hall–Kier alpha value is -3.05. The number of amides is 1. The first-order valence-electron chi connectivity index (χ1n) is 10.5. The Bertz CT molecular complexity index is 1060. The molecule has 1 saturated heterocycles. The van der Waals surface area contributed by atoms with Gasteiger partial charge in [-0.2, -0.15) is 4.31 Å². The summed E-state index contributed by atoms with van der Waals surface area (Å²) in [5.74, 6) is 1.50. The average molecular weight is 479 g/mol. The first-order valence-corrected chi connectivity index (χ1v) is 12.0. The number of nitrogens with one attached hydrogen (secondary N) is 2. The maximum atomic E-state index is 13.0. The lowest BCUT2D eigenvalue weighted by molar-refractivity contribution is 0.0961. The molecule has 11 heteroatoms. The number of anilines is 1. The molecule has 1 amide bonds. The SMILES string of the molecule is COc1cc(C(=O)NNc2ccc(S(=O)(=O)N3CC(C)CC(C)C3)cn2)cc(OC)c1OC. The topological polar surface area (TPSA) is 119 Å². The molecule has 1 fully saturated rings. The molecule has 0 spiro atoms. The molecule has 2 unspecified atom stereocenters. The van der Waals surface area contributed by atoms with Crippen molar-refractivity contribution in [1.29, 1.82) is 0 Å². The monoisotopic (exact) mass is 478 g/mol. The van der Waals surface area contributed by atoms with Gasteiger partial charge in [0.05, 0.1) is 21.3 Å². The molecule has 33 heavy (non-hydrogen) atoms. The van der Waals surface area contributed by atoms with E-state index >= 15 is 0 Å². The van der Waals surface area contributed by atoms with E-state index in [0.29, 0.717) is 42.2 Å². The Morgan fingerprint density at radius 3 is 2.12 bits per heavy atom. The Labute approximate surface area is 194 Å². The van der Waals surface area contributed by atoms with E-state index in [1.807, 2.05) is 0 Å². The lowest BCUT2D eigenvalue weighted by atomic mass is 9.94. The minimum absolute atomic E-state index is 0.116. The second-order valence-corrected chi connectivity index (χ2v) is 10.1. The fourth-order valence-electron chi connectivity index (χ4n) is 3.96. The zero-order chi connectivity index (χ0) is 24.2. The number of hydrogen-bond donors (Lipinski definition) is 2. The third-order valence-corrected chi connectivity index (χ3v) is 7.26. The van der Waals surface area contributed by atoms with E-state index < -0.39 is 15.9 Å². The molecule has 180 valence electrons. The van der Waals surface area contributed by atoms with Crippen LogP contribution in [-0.4, -0.2) is 58.0 Å². The Kier molecular flexibility index (Phi) is 7.65. The molecule has 0 bridgehead atoms. The van der Waals surface area contributed by atoms with E-state index in [-0.39, 0.29) is 16.3 Å². The molecule has 2 N–H and O–H groups in total. The maximum absolute atomic E-state index is 13.0. The van der Waals surface area contributed by atoms with Gasteiger partial charge in [0.15, 0.2) is 11.5 Å². The third-order valence-electron chi connectivity index (χ3n) is 5.44. The van der Waals surface area contributed by atoms with Crippen LogP contribution in [0.4, 0.5) is 5.82 Å². The number of hydrazine groups is 1. The van der Waals surface area contributed by atoms with Gasteiger partial charge in [-0.3, -0.25) is 15.6 Å². The molecule has 1 aromatic heterocycles. The van der Waals surface area contributed by atoms with Gasteiger partial charge in [0, 0.05) is 24.8 Å². The van der Waals surface area contributed by atoms with Crippen molar-refractivity contribution < 1.29 is 27.4 Å². The summed E-state index contributed by atoms with van der Waals surface area (Å²) in [6.07, 6.45) is 2.30. The van der Waals surface area contributed by atoms with Gasteiger partial charge in [0.2, 0.25) is 15.8 Å². The van der Waals surface area contributed by atoms with Crippen molar-refractivity contribution in [2.75, 3.05) is 39.8 Å². The van der Waals surface area contributed by atoms with Crippen molar-refractivity contribution in [3.05, 3.63) is 36.0 Å². The molecular weight excluding hydrogens is 448 g/mol. The van der Waals surface area contributed by atoms with Crippen molar-refractivity contribution in [1.82, 2.24) is 14.7 Å². The lowest BCUT2D eigenvalue weighted by Gasteiger charge is -2.33. The van der Waals surface area contributed by atoms with Gasteiger partial charge in [-0.15, -0.1) is 0 Å². The van der Waals surface area contributed by atoms with Crippen LogP contribution in [0.5, 0.6) is 17.2 Å². The van der Waals surface area contributed by atoms with E-state index in [0.717, 1.165) is 6.42 Å². The predicted octanol–water partition coefficient (Wildman–Crippen LogP) is 2.53. The fourth-order valence-corrected chi connectivity index (χ4v) is 5.59. The fraction of sp³-hybridized carbons (Fsp3) is 0.455. The maximum Gasteiger partial charge on any atom is 0.269 e. The smallest absolute Gasteiger partial charge is 0.269 e. The molecule has 1 aromatic carbocycles. The number of hydrogen-bond acceptors (Lipinski definition) is 8. The van der Waals surface area contributed by atoms with Gasteiger partial charge < -0.3 is 14.2 Å². The Morgan fingerprint density at radius 2 is 1.64 bits per heavy atom. The minimum atomic E-state index is -3.62. The highest BCUT2D eigenvalue weighted by Gasteiger charge is 2.31. The van der Waals surface area contributed by atoms with Crippen LogP contribution in [0.15, 0.2) is 35.4 Å². The Balaban J connectivity index is 1.69. The molecule has 0 saturated carbocycles. The molecule has 1 aliphatic rings. The molecular formula is C22H30N4O6S. The van der Waals surface area contributed by atoms with Crippen molar-refractivity contribution in [3.63, 3.8) is 0 Å². The first kappa shape index (κ1) is 24.6. The van der Waals surface area contributed by atoms with Gasteiger partial charge >= 0.3 is 0 Å². The van der Waals surface area contributed by atoms with Crippen LogP contribution in [0.1, 0.15) is 30.6 Å². The summed E-state index contributed by atoms with van der Waals surface area (Å²) >= 11 is 0. The molecule has 2 heterocycles. The highest BCUT2D eigenvalue weighted by Crippen LogP contribution is 2.38. The first-order chi connectivity index (χ1) is 15.7. The highest BCUT2D eigenvalue weighted by atomic mass is 32.2. The summed E-state index contributed by atoms with van der Waals surface area (Å²) < 4.78 is 43.2. The normalized spacial score (nSPS) is 18.9. The quantitative estimate of drug-likeness (QED) is 0.556. The summed E-state index contributed by atoms with van der Waals surface area (Å²) in [6.45, 7) is 5.11. The average Bonchev–Trinajstić information content (AvgIpc) is 2.81. The summed E-state index contributed by atoms with van der Waals surface area (Å²) in [4.78, 5) is 16.8. The number of aromatic nitrogens is 1. The number of carbonyl (C=O) groups is 1. The lowest BCUT2D eigenvalue weighted by Crippen LogP contribution is -2.42. The highest BCUT2D eigenvalue weighted by molar-refractivity contribution is 7.89. The molecule has 2 atom stereocenters. The van der Waals surface area contributed by atoms with Crippen molar-refractivity contribution >= 4 is 21.7 Å². The number of pyridine rings is 1. The molecule has 0 aliphatic carbocycles. The number of carbonyl (C=O) groups excluding carboxylic acids is 1. The number of nitrogens with zero attached hydrogens (tertiary/aromatic N) is 2. The summed E-state index contributed by atoms with van der Waals surface area (Å²) in [5.41, 5.74) is 5.48. The second-order valence-electron chi connectivity index (χ2n) is 8.14. The molecule has 3 rings (SSSR count). The molecule has 2 aromatic rings. The van der Waals surface area contributed by atoms with Crippen LogP contribution in [0, 0.1) is 11.8 Å². The van der Waals surface area contributed by atoms with Crippen molar-refractivity contribution in [2.45, 2.75) is 25.2 Å². The van der Waals surface area contributed by atoms with E-state index in [9.17, 15) is 13.2 Å². The summed E-state index contributed by atoms with van der Waals surface area (Å²) in [7, 11) is 0.772. The molecule has 1 aliphatic heterocycles. The Morgan fingerprint density at radius 1 is 1.03 bits per heavy atom. The second kappa shape index (κ2) is 10.3. The number of rotatable bonds is 8. The van der Waals surface area contributed by atoms with E-state index in [2.05, 4.69) is 29.7 Å². The number of sulfonamides is 1. The van der Waals surface area contributed by atoms with Gasteiger partial charge in [0.25, 0.3) is 5.91 Å². The molecule has 10 nitrogen and oxygen atoms in total. The largest absolute Gasteiger partial charge is 0.493 e. The van der Waals surface area contributed by atoms with Crippen molar-refractivity contribution in [3.8, 4) is 17.2 Å². The van der Waals surface area contributed by atoms with E-state index in [4.69, 9.17) is 14.2 Å². The number of methoxy groups -OCH3 is 3. The number of ether oxygens (including phenoxy) is 3. The van der Waals surface area contributed by atoms with Gasteiger partial charge in [0.1, 0.15) is 10.7 Å². The van der Waals surface area contributed by atoms with Gasteiger partial charge in [-0.25, -0.2) is 13.4 Å². The van der Waals surface area contributed by atoms with E-state index in [1.165, 1.54) is 56.1 Å². The van der Waals surface area contributed by atoms with Crippen LogP contribution in [0.3, 0.4) is 0 Å². The van der Waals surface area contributed by atoms with E-state index in [1.54, 1.807) is 0 Å². The van der Waals surface area contributed by atoms with Crippen LogP contribution in [0.25, 0.3) is 0 Å². The summed E-state index contributed by atoms with van der Waals surface area (Å²) in [6, 6.07) is 6.00. The van der Waals surface area contributed by atoms with Gasteiger partial charge in [-0.1, -0.05) is 13.8 Å². The van der Waals surface area contributed by atoms with Crippen LogP contribution in [-0.2, 0) is 10.0 Å². The summed E-state index contributed by atoms with van der Waals surface area (Å²) in [5, 5.41) is 0. The van der Waals surface area contributed by atoms with Crippen LogP contribution >= 0.6 is 0 Å². The zero-order valence-corrected chi connectivity index (χ0v) is 20.2. The van der Waals surface area contributed by atoms with Crippen molar-refractivity contribution in [2.24, 2.45) is 11.8 Å².